The molecule has 0 aliphatic rings. The minimum Gasteiger partial charge on any atom is -0.356 e. The summed E-state index contributed by atoms with van der Waals surface area (Å²) in [7, 11) is 0. The first-order valence-electron chi connectivity index (χ1n) is 9.48. The molecule has 27 heavy (non-hydrogen) atoms. The molecule has 0 aliphatic carbocycles. The second-order valence-corrected chi connectivity index (χ2v) is 7.88. The first-order valence-corrected chi connectivity index (χ1v) is 10.9. The highest BCUT2D eigenvalue weighted by Gasteiger charge is 2.18. The van der Waals surface area contributed by atoms with Gasteiger partial charge in [-0.2, -0.15) is 5.10 Å². The number of aromatic nitrogens is 4. The van der Waals surface area contributed by atoms with E-state index in [1.54, 1.807) is 11.8 Å². The van der Waals surface area contributed by atoms with Crippen LogP contribution in [-0.4, -0.2) is 38.6 Å². The Hall–Kier alpha value is -1.79. The number of alkyl halides is 1. The third-order valence-corrected chi connectivity index (χ3v) is 5.89. The van der Waals surface area contributed by atoms with Crippen molar-refractivity contribution in [3.63, 3.8) is 0 Å². The molecule has 144 valence electrons. The largest absolute Gasteiger partial charge is 0.356 e. The molecule has 0 radical (unpaired) electrons. The Morgan fingerprint density at radius 3 is 2.52 bits per heavy atom. The zero-order chi connectivity index (χ0) is 19.2. The minimum atomic E-state index is -0.159. The van der Waals surface area contributed by atoms with Crippen molar-refractivity contribution in [1.82, 2.24) is 19.7 Å². The Balaban J connectivity index is 2.00. The number of nitrogens with zero attached hydrogens (tertiary/aromatic N) is 5. The van der Waals surface area contributed by atoms with Crippen LogP contribution in [0.3, 0.4) is 0 Å². The van der Waals surface area contributed by atoms with Crippen LogP contribution >= 0.6 is 23.4 Å². The van der Waals surface area contributed by atoms with Gasteiger partial charge >= 0.3 is 0 Å². The molecule has 0 fully saturated rings. The van der Waals surface area contributed by atoms with Crippen LogP contribution in [0, 0.1) is 0 Å². The Morgan fingerprint density at radius 1 is 1.11 bits per heavy atom. The van der Waals surface area contributed by atoms with Crippen molar-refractivity contribution >= 4 is 40.2 Å². The highest BCUT2D eigenvalue weighted by molar-refractivity contribution is 7.99. The lowest BCUT2D eigenvalue weighted by Gasteiger charge is -2.21. The van der Waals surface area contributed by atoms with Crippen molar-refractivity contribution in [3.05, 3.63) is 42.1 Å². The Morgan fingerprint density at radius 2 is 1.85 bits per heavy atom. The monoisotopic (exact) mass is 403 g/mol. The maximum Gasteiger partial charge on any atom is 0.191 e. The molecule has 1 unspecified atom stereocenters. The van der Waals surface area contributed by atoms with E-state index in [0.717, 1.165) is 52.8 Å². The van der Waals surface area contributed by atoms with Gasteiger partial charge in [-0.05, 0) is 25.8 Å². The molecule has 3 rings (SSSR count). The highest BCUT2D eigenvalue weighted by atomic mass is 35.5. The second-order valence-electron chi connectivity index (χ2n) is 6.29. The van der Waals surface area contributed by atoms with E-state index in [1.807, 2.05) is 41.2 Å². The SMILES string of the molecule is CCCSc1nc(N(CC)CC)c2cnn(CC(Cl)c3ccccc3)c2n1. The molecule has 0 N–H and O–H groups in total. The second kappa shape index (κ2) is 9.42. The minimum absolute atomic E-state index is 0.159. The van der Waals surface area contributed by atoms with Crippen LogP contribution in [0.1, 0.15) is 38.1 Å². The molecule has 0 spiro atoms. The van der Waals surface area contributed by atoms with E-state index in [1.165, 1.54) is 0 Å². The Bertz CT molecular complexity index is 863. The van der Waals surface area contributed by atoms with E-state index in [-0.39, 0.29) is 5.38 Å². The fraction of sp³-hybridized carbons (Fsp3) is 0.450. The molecule has 2 heterocycles. The number of hydrogen-bond acceptors (Lipinski definition) is 5. The van der Waals surface area contributed by atoms with Crippen LogP contribution in [0.2, 0.25) is 0 Å². The number of fused-ring (bicyclic) bond motifs is 1. The van der Waals surface area contributed by atoms with Crippen LogP contribution in [0.15, 0.2) is 41.7 Å². The highest BCUT2D eigenvalue weighted by Crippen LogP contribution is 2.29. The summed E-state index contributed by atoms with van der Waals surface area (Å²) in [6, 6.07) is 10.1. The number of halogens is 1. The molecule has 5 nitrogen and oxygen atoms in total. The molecule has 0 saturated carbocycles. The van der Waals surface area contributed by atoms with Gasteiger partial charge in [0.05, 0.1) is 23.5 Å². The van der Waals surface area contributed by atoms with Crippen molar-refractivity contribution in [3.8, 4) is 0 Å². The van der Waals surface area contributed by atoms with E-state index in [0.29, 0.717) is 6.54 Å². The van der Waals surface area contributed by atoms with E-state index >= 15 is 0 Å². The van der Waals surface area contributed by atoms with Gasteiger partial charge in [0.25, 0.3) is 0 Å². The molecule has 0 amide bonds. The molecule has 0 aliphatic heterocycles. The number of anilines is 1. The first kappa shape index (κ1) is 20.0. The van der Waals surface area contributed by atoms with Gasteiger partial charge in [0.15, 0.2) is 10.8 Å². The third-order valence-electron chi connectivity index (χ3n) is 4.45. The van der Waals surface area contributed by atoms with Crippen LogP contribution in [0.4, 0.5) is 5.82 Å². The van der Waals surface area contributed by atoms with Gasteiger partial charge in [0.2, 0.25) is 0 Å². The molecule has 2 aromatic heterocycles. The third kappa shape index (κ3) is 4.55. The summed E-state index contributed by atoms with van der Waals surface area (Å²) in [6.45, 7) is 8.82. The van der Waals surface area contributed by atoms with E-state index in [2.05, 4.69) is 30.8 Å². The molecule has 7 heteroatoms. The molecule has 1 atom stereocenters. The molecule has 0 bridgehead atoms. The summed E-state index contributed by atoms with van der Waals surface area (Å²) in [6.07, 6.45) is 2.95. The summed E-state index contributed by atoms with van der Waals surface area (Å²) < 4.78 is 1.91. The van der Waals surface area contributed by atoms with Gasteiger partial charge < -0.3 is 4.90 Å². The van der Waals surface area contributed by atoms with E-state index in [9.17, 15) is 0 Å². The number of rotatable bonds is 9. The summed E-state index contributed by atoms with van der Waals surface area (Å²) in [4.78, 5) is 11.9. The maximum absolute atomic E-state index is 6.66. The maximum atomic E-state index is 6.66. The lowest BCUT2D eigenvalue weighted by Crippen LogP contribution is -2.23. The molecule has 3 aromatic rings. The number of benzene rings is 1. The topological polar surface area (TPSA) is 46.8 Å². The summed E-state index contributed by atoms with van der Waals surface area (Å²) in [5, 5.41) is 6.22. The molecular weight excluding hydrogens is 378 g/mol. The van der Waals surface area contributed by atoms with Gasteiger partial charge in [0.1, 0.15) is 5.82 Å². The molecular formula is C20H26ClN5S. The van der Waals surface area contributed by atoms with E-state index < -0.39 is 0 Å². The van der Waals surface area contributed by atoms with Crippen molar-refractivity contribution in [2.24, 2.45) is 0 Å². The lowest BCUT2D eigenvalue weighted by atomic mass is 10.1. The molecule has 0 saturated heterocycles. The van der Waals surface area contributed by atoms with Crippen LogP contribution in [0.5, 0.6) is 0 Å². The van der Waals surface area contributed by atoms with Gasteiger partial charge in [-0.15, -0.1) is 11.6 Å². The van der Waals surface area contributed by atoms with Crippen molar-refractivity contribution < 1.29 is 0 Å². The average molecular weight is 404 g/mol. The molecule has 1 aromatic carbocycles. The zero-order valence-corrected chi connectivity index (χ0v) is 17.7. The zero-order valence-electron chi connectivity index (χ0n) is 16.1. The predicted octanol–water partition coefficient (Wildman–Crippen LogP) is 5.15. The van der Waals surface area contributed by atoms with Gasteiger partial charge in [0, 0.05) is 18.8 Å². The van der Waals surface area contributed by atoms with E-state index in [4.69, 9.17) is 21.6 Å². The fourth-order valence-electron chi connectivity index (χ4n) is 3.00. The number of hydrogen-bond donors (Lipinski definition) is 0. The Kier molecular flexibility index (Phi) is 6.96. The normalized spacial score (nSPS) is 12.4. The van der Waals surface area contributed by atoms with Gasteiger partial charge in [-0.25, -0.2) is 14.6 Å². The van der Waals surface area contributed by atoms with Crippen molar-refractivity contribution in [1.29, 1.82) is 0 Å². The predicted molar refractivity (Wildman–Crippen MR) is 115 cm³/mol. The smallest absolute Gasteiger partial charge is 0.191 e. The van der Waals surface area contributed by atoms with Crippen molar-refractivity contribution in [2.75, 3.05) is 23.7 Å². The fourth-order valence-corrected chi connectivity index (χ4v) is 3.96. The van der Waals surface area contributed by atoms with Crippen LogP contribution in [0.25, 0.3) is 11.0 Å². The Labute approximate surface area is 170 Å². The summed E-state index contributed by atoms with van der Waals surface area (Å²) >= 11 is 8.35. The standard InChI is InChI=1S/C20H26ClN5S/c1-4-12-27-20-23-18(25(5-2)6-3)16-13-22-26(19(16)24-20)14-17(21)15-10-8-7-9-11-15/h7-11,13,17H,4-6,12,14H2,1-3H3. The summed E-state index contributed by atoms with van der Waals surface area (Å²) in [5.41, 5.74) is 1.94. The van der Waals surface area contributed by atoms with Crippen LogP contribution in [-0.2, 0) is 6.54 Å². The first-order chi connectivity index (χ1) is 13.2. The van der Waals surface area contributed by atoms with Gasteiger partial charge in [-0.1, -0.05) is 49.0 Å². The summed E-state index contributed by atoms with van der Waals surface area (Å²) in [5.74, 6) is 1.96. The lowest BCUT2D eigenvalue weighted by molar-refractivity contribution is 0.613. The van der Waals surface area contributed by atoms with Crippen LogP contribution < -0.4 is 4.90 Å². The van der Waals surface area contributed by atoms with Crippen molar-refractivity contribution in [2.45, 2.75) is 44.3 Å². The number of thioether (sulfide) groups is 1. The quantitative estimate of drug-likeness (QED) is 0.280. The average Bonchev–Trinajstić information content (AvgIpc) is 3.10. The van der Waals surface area contributed by atoms with Gasteiger partial charge in [-0.3, -0.25) is 0 Å².